The highest BCUT2D eigenvalue weighted by atomic mass is 32.1. The molecule has 2 aromatic carbocycles. The van der Waals surface area contributed by atoms with E-state index in [1.807, 2.05) is 0 Å². The van der Waals surface area contributed by atoms with Crippen molar-refractivity contribution in [2.75, 3.05) is 17.7 Å². The molecular weight excluding hydrogens is 381 g/mol. The van der Waals surface area contributed by atoms with Gasteiger partial charge in [0.05, 0.1) is 19.2 Å². The van der Waals surface area contributed by atoms with E-state index in [2.05, 4.69) is 15.6 Å². The number of hydrogen-bond acceptors (Lipinski definition) is 5. The summed E-state index contributed by atoms with van der Waals surface area (Å²) in [6, 6.07) is 11.6. The third-order valence-electron chi connectivity index (χ3n) is 3.84. The number of nitrogens with one attached hydrogen (secondary N) is 2. The van der Waals surface area contributed by atoms with Gasteiger partial charge in [0.2, 0.25) is 11.8 Å². The lowest BCUT2D eigenvalue weighted by molar-refractivity contribution is -0.116. The molecule has 2 N–H and O–H groups in total. The highest BCUT2D eigenvalue weighted by Crippen LogP contribution is 2.28. The van der Waals surface area contributed by atoms with Crippen LogP contribution < -0.4 is 15.4 Å². The predicted molar refractivity (Wildman–Crippen MR) is 107 cm³/mol. The second-order valence-corrected chi connectivity index (χ2v) is 6.85. The zero-order valence-corrected chi connectivity index (χ0v) is 16.1. The fraction of sp³-hybridized carbons (Fsp3) is 0.150. The van der Waals surface area contributed by atoms with Crippen LogP contribution in [-0.4, -0.2) is 23.9 Å². The molecule has 144 valence electrons. The van der Waals surface area contributed by atoms with Crippen LogP contribution in [0.4, 0.5) is 15.2 Å². The van der Waals surface area contributed by atoms with Crippen molar-refractivity contribution in [3.05, 3.63) is 59.2 Å². The van der Waals surface area contributed by atoms with Gasteiger partial charge in [0.15, 0.2) is 16.7 Å². The van der Waals surface area contributed by atoms with Gasteiger partial charge in [0.25, 0.3) is 0 Å². The highest BCUT2D eigenvalue weighted by molar-refractivity contribution is 7.14. The third kappa shape index (κ3) is 4.92. The summed E-state index contributed by atoms with van der Waals surface area (Å²) >= 11 is 1.26. The zero-order chi connectivity index (χ0) is 20.1. The lowest BCUT2D eigenvalue weighted by Crippen LogP contribution is -2.14. The van der Waals surface area contributed by atoms with Gasteiger partial charge in [-0.05, 0) is 35.9 Å². The number of aromatic nitrogens is 1. The summed E-state index contributed by atoms with van der Waals surface area (Å²) in [5.74, 6) is -0.672. The summed E-state index contributed by atoms with van der Waals surface area (Å²) in [5.41, 5.74) is 2.65. The second-order valence-electron chi connectivity index (χ2n) is 5.99. The molecule has 0 bridgehead atoms. The fourth-order valence-electron chi connectivity index (χ4n) is 2.55. The van der Waals surface area contributed by atoms with Crippen molar-refractivity contribution < 1.29 is 18.7 Å². The first-order chi connectivity index (χ1) is 13.4. The summed E-state index contributed by atoms with van der Waals surface area (Å²) in [6.07, 6.45) is 0.173. The number of halogens is 1. The maximum atomic E-state index is 13.9. The number of carbonyl (C=O) groups excluding carboxylic acids is 2. The Kier molecular flexibility index (Phi) is 6.00. The van der Waals surface area contributed by atoms with Crippen LogP contribution in [0.15, 0.2) is 47.8 Å². The molecule has 2 amide bonds. The first-order valence-corrected chi connectivity index (χ1v) is 9.28. The smallest absolute Gasteiger partial charge is 0.230 e. The minimum atomic E-state index is -0.471. The molecule has 1 heterocycles. The standard InChI is InChI=1S/C20H18FN3O3S/c1-12(25)22-15-6-3-13(4-7-15)9-19(26)24-20-23-17(11-28-20)14-5-8-18(27-2)16(21)10-14/h3-8,10-11H,9H2,1-2H3,(H,22,25)(H,23,24,26). The van der Waals surface area contributed by atoms with Gasteiger partial charge in [-0.1, -0.05) is 12.1 Å². The van der Waals surface area contributed by atoms with E-state index in [4.69, 9.17) is 4.74 Å². The molecule has 0 unspecified atom stereocenters. The van der Waals surface area contributed by atoms with E-state index in [1.54, 1.807) is 35.7 Å². The van der Waals surface area contributed by atoms with Crippen molar-refractivity contribution in [1.82, 2.24) is 4.98 Å². The van der Waals surface area contributed by atoms with Crippen molar-refractivity contribution in [3.63, 3.8) is 0 Å². The molecule has 0 aliphatic rings. The monoisotopic (exact) mass is 399 g/mol. The number of thiazole rings is 1. The average molecular weight is 399 g/mol. The van der Waals surface area contributed by atoms with Crippen molar-refractivity contribution in [3.8, 4) is 17.0 Å². The van der Waals surface area contributed by atoms with Gasteiger partial charge in [0, 0.05) is 23.6 Å². The predicted octanol–water partition coefficient (Wildman–Crippen LogP) is 4.10. The van der Waals surface area contributed by atoms with E-state index in [-0.39, 0.29) is 24.0 Å². The van der Waals surface area contributed by atoms with Gasteiger partial charge < -0.3 is 15.4 Å². The summed E-state index contributed by atoms with van der Waals surface area (Å²) < 4.78 is 18.8. The van der Waals surface area contributed by atoms with E-state index in [0.717, 1.165) is 5.56 Å². The number of anilines is 2. The Morgan fingerprint density at radius 2 is 1.89 bits per heavy atom. The van der Waals surface area contributed by atoms with E-state index in [9.17, 15) is 14.0 Å². The molecule has 0 saturated carbocycles. The van der Waals surface area contributed by atoms with Crippen LogP contribution in [-0.2, 0) is 16.0 Å². The molecule has 28 heavy (non-hydrogen) atoms. The average Bonchev–Trinajstić information content (AvgIpc) is 3.11. The van der Waals surface area contributed by atoms with Crippen molar-refractivity contribution >= 4 is 34.0 Å². The van der Waals surface area contributed by atoms with Crippen LogP contribution in [0.25, 0.3) is 11.3 Å². The van der Waals surface area contributed by atoms with Crippen LogP contribution in [0.2, 0.25) is 0 Å². The molecule has 0 saturated heterocycles. The molecule has 0 fully saturated rings. The molecule has 0 spiro atoms. The highest BCUT2D eigenvalue weighted by Gasteiger charge is 2.11. The minimum Gasteiger partial charge on any atom is -0.494 e. The number of hydrogen-bond donors (Lipinski definition) is 2. The lowest BCUT2D eigenvalue weighted by Gasteiger charge is -2.05. The van der Waals surface area contributed by atoms with E-state index in [0.29, 0.717) is 22.1 Å². The van der Waals surface area contributed by atoms with Crippen molar-refractivity contribution in [1.29, 1.82) is 0 Å². The SMILES string of the molecule is COc1ccc(-c2csc(NC(=O)Cc3ccc(NC(C)=O)cc3)n2)cc1F. The first-order valence-electron chi connectivity index (χ1n) is 8.40. The quantitative estimate of drug-likeness (QED) is 0.654. The normalized spacial score (nSPS) is 10.4. The zero-order valence-electron chi connectivity index (χ0n) is 15.3. The summed E-state index contributed by atoms with van der Waals surface area (Å²) in [6.45, 7) is 1.43. The number of amides is 2. The molecule has 0 aliphatic carbocycles. The minimum absolute atomic E-state index is 0.151. The second kappa shape index (κ2) is 8.62. The Hall–Kier alpha value is -3.26. The number of ether oxygens (including phenoxy) is 1. The Morgan fingerprint density at radius 3 is 2.54 bits per heavy atom. The third-order valence-corrected chi connectivity index (χ3v) is 4.59. The molecule has 1 aromatic heterocycles. The van der Waals surface area contributed by atoms with Crippen LogP contribution in [0.3, 0.4) is 0 Å². The summed E-state index contributed by atoms with van der Waals surface area (Å²) in [7, 11) is 1.40. The molecule has 3 aromatic rings. The number of carbonyl (C=O) groups is 2. The molecule has 0 aliphatic heterocycles. The molecule has 8 heteroatoms. The summed E-state index contributed by atoms with van der Waals surface area (Å²) in [5, 5.41) is 7.60. The maximum Gasteiger partial charge on any atom is 0.230 e. The van der Waals surface area contributed by atoms with E-state index >= 15 is 0 Å². The Morgan fingerprint density at radius 1 is 1.14 bits per heavy atom. The van der Waals surface area contributed by atoms with Gasteiger partial charge in [-0.3, -0.25) is 9.59 Å². The van der Waals surface area contributed by atoms with Gasteiger partial charge in [-0.15, -0.1) is 11.3 Å². The van der Waals surface area contributed by atoms with Gasteiger partial charge >= 0.3 is 0 Å². The van der Waals surface area contributed by atoms with Crippen molar-refractivity contribution in [2.45, 2.75) is 13.3 Å². The lowest BCUT2D eigenvalue weighted by atomic mass is 10.1. The number of benzene rings is 2. The number of methoxy groups -OCH3 is 1. The van der Waals surface area contributed by atoms with Crippen LogP contribution >= 0.6 is 11.3 Å². The number of rotatable bonds is 6. The fourth-order valence-corrected chi connectivity index (χ4v) is 3.28. The van der Waals surface area contributed by atoms with E-state index in [1.165, 1.54) is 37.5 Å². The largest absolute Gasteiger partial charge is 0.494 e. The number of nitrogens with zero attached hydrogens (tertiary/aromatic N) is 1. The molecular formula is C20H18FN3O3S. The topological polar surface area (TPSA) is 80.3 Å². The maximum absolute atomic E-state index is 13.9. The van der Waals surface area contributed by atoms with E-state index < -0.39 is 5.82 Å². The Balaban J connectivity index is 1.62. The van der Waals surface area contributed by atoms with Crippen LogP contribution in [0.1, 0.15) is 12.5 Å². The van der Waals surface area contributed by atoms with Gasteiger partial charge in [0.1, 0.15) is 0 Å². The van der Waals surface area contributed by atoms with Gasteiger partial charge in [-0.2, -0.15) is 0 Å². The molecule has 6 nitrogen and oxygen atoms in total. The molecule has 0 radical (unpaired) electrons. The van der Waals surface area contributed by atoms with Gasteiger partial charge in [-0.25, -0.2) is 9.37 Å². The molecule has 3 rings (SSSR count). The van der Waals surface area contributed by atoms with Crippen LogP contribution in [0.5, 0.6) is 5.75 Å². The Bertz CT molecular complexity index is 1000. The molecule has 0 atom stereocenters. The van der Waals surface area contributed by atoms with Crippen molar-refractivity contribution in [2.24, 2.45) is 0 Å². The Labute approximate surface area is 165 Å². The first kappa shape index (κ1) is 19.5. The summed E-state index contributed by atoms with van der Waals surface area (Å²) in [4.78, 5) is 27.6. The van der Waals surface area contributed by atoms with Crippen LogP contribution in [0, 0.1) is 5.82 Å².